The van der Waals surface area contributed by atoms with E-state index >= 15 is 0 Å². The normalized spacial score (nSPS) is 28.6. The van der Waals surface area contributed by atoms with Crippen molar-refractivity contribution in [3.63, 3.8) is 0 Å². The van der Waals surface area contributed by atoms with Gasteiger partial charge in [-0.05, 0) is 25.1 Å². The smallest absolute Gasteiger partial charge is 0.383 e. The van der Waals surface area contributed by atoms with Crippen molar-refractivity contribution in [1.82, 2.24) is 15.5 Å². The number of hydrogen-bond acceptors (Lipinski definition) is 3. The van der Waals surface area contributed by atoms with E-state index in [0.29, 0.717) is 12.5 Å². The summed E-state index contributed by atoms with van der Waals surface area (Å²) < 4.78 is 37.3. The first-order chi connectivity index (χ1) is 9.04. The van der Waals surface area contributed by atoms with Crippen molar-refractivity contribution in [2.24, 2.45) is 11.8 Å². The zero-order valence-corrected chi connectivity index (χ0v) is 10.6. The Morgan fingerprint density at radius 2 is 2.00 bits per heavy atom. The van der Waals surface area contributed by atoms with Crippen molar-refractivity contribution in [3.8, 4) is 0 Å². The molecule has 1 atom stereocenters. The van der Waals surface area contributed by atoms with Crippen LogP contribution in [0, 0.1) is 11.8 Å². The highest BCUT2D eigenvalue weighted by molar-refractivity contribution is 5.26. The molecule has 19 heavy (non-hydrogen) atoms. The quantitative estimate of drug-likeness (QED) is 0.797. The molecule has 0 radical (unpaired) electrons. The van der Waals surface area contributed by atoms with E-state index in [2.05, 4.69) is 10.6 Å². The molecule has 3 heterocycles. The Balaban J connectivity index is 1.57. The van der Waals surface area contributed by atoms with E-state index in [1.165, 1.54) is 5.70 Å². The molecule has 0 amide bonds. The topological polar surface area (TPSA) is 27.3 Å². The van der Waals surface area contributed by atoms with Crippen LogP contribution in [0.2, 0.25) is 0 Å². The Kier molecular flexibility index (Phi) is 3.20. The lowest BCUT2D eigenvalue weighted by molar-refractivity contribution is -0.204. The summed E-state index contributed by atoms with van der Waals surface area (Å²) in [5.74, 6) is -0.630. The summed E-state index contributed by atoms with van der Waals surface area (Å²) in [5.41, 5.74) is 2.18. The number of rotatable bonds is 2. The third-order valence-electron chi connectivity index (χ3n) is 4.18. The van der Waals surface area contributed by atoms with Crippen LogP contribution in [0.3, 0.4) is 0 Å². The van der Waals surface area contributed by atoms with Crippen molar-refractivity contribution in [1.29, 1.82) is 0 Å². The molecule has 0 aromatic heterocycles. The van der Waals surface area contributed by atoms with E-state index in [1.807, 2.05) is 17.1 Å². The molecule has 1 unspecified atom stereocenters. The molecule has 3 rings (SSSR count). The highest BCUT2D eigenvalue weighted by Gasteiger charge is 2.47. The van der Waals surface area contributed by atoms with E-state index in [4.69, 9.17) is 0 Å². The van der Waals surface area contributed by atoms with Gasteiger partial charge in [0.1, 0.15) is 0 Å². The first kappa shape index (κ1) is 12.8. The number of halogens is 3. The fourth-order valence-electron chi connectivity index (χ4n) is 2.83. The Morgan fingerprint density at radius 1 is 1.21 bits per heavy atom. The van der Waals surface area contributed by atoms with Crippen LogP contribution in [0.1, 0.15) is 6.42 Å². The largest absolute Gasteiger partial charge is 0.395 e. The van der Waals surface area contributed by atoms with Gasteiger partial charge in [0.05, 0.1) is 12.5 Å². The summed E-state index contributed by atoms with van der Waals surface area (Å²) in [7, 11) is 0. The molecule has 2 saturated heterocycles. The summed E-state index contributed by atoms with van der Waals surface area (Å²) in [6.07, 6.45) is 1.08. The van der Waals surface area contributed by atoms with Crippen LogP contribution in [0.15, 0.2) is 23.5 Å². The zero-order valence-electron chi connectivity index (χ0n) is 10.6. The number of alkyl halides is 3. The molecular weight excluding hydrogens is 255 g/mol. The van der Waals surface area contributed by atoms with E-state index in [1.54, 1.807) is 0 Å². The molecule has 0 aromatic carbocycles. The standard InChI is InChI=1S/C13H18F3N3/c14-13(15,16)10-7-19(8-10)11-1-2-12(18-6-11)9-3-4-17-5-9/h1-2,9-10,17-18H,3-8H2. The predicted molar refractivity (Wildman–Crippen MR) is 66.3 cm³/mol. The van der Waals surface area contributed by atoms with Crippen LogP contribution >= 0.6 is 0 Å². The molecule has 3 aliphatic rings. The van der Waals surface area contributed by atoms with Gasteiger partial charge in [0.25, 0.3) is 0 Å². The van der Waals surface area contributed by atoms with Gasteiger partial charge < -0.3 is 15.5 Å². The van der Waals surface area contributed by atoms with Crippen LogP contribution < -0.4 is 10.6 Å². The number of allylic oxidation sites excluding steroid dienone is 2. The fraction of sp³-hybridized carbons (Fsp3) is 0.692. The second kappa shape index (κ2) is 4.74. The molecule has 2 N–H and O–H groups in total. The van der Waals surface area contributed by atoms with Gasteiger partial charge in [-0.2, -0.15) is 13.2 Å². The second-order valence-corrected chi connectivity index (χ2v) is 5.47. The van der Waals surface area contributed by atoms with Crippen LogP contribution in [0.4, 0.5) is 13.2 Å². The summed E-state index contributed by atoms with van der Waals surface area (Å²) in [4.78, 5) is 1.81. The molecule has 0 bridgehead atoms. The van der Waals surface area contributed by atoms with Crippen LogP contribution in [-0.2, 0) is 0 Å². The van der Waals surface area contributed by atoms with E-state index in [9.17, 15) is 13.2 Å². The zero-order chi connectivity index (χ0) is 13.5. The Hall–Kier alpha value is -1.17. The molecule has 0 saturated carbocycles. The number of hydrogen-bond donors (Lipinski definition) is 2. The predicted octanol–water partition coefficient (Wildman–Crippen LogP) is 1.46. The molecule has 0 aliphatic carbocycles. The summed E-state index contributed by atoms with van der Waals surface area (Å²) in [5, 5.41) is 6.66. The molecular formula is C13H18F3N3. The third kappa shape index (κ3) is 2.59. The van der Waals surface area contributed by atoms with Crippen molar-refractivity contribution in [2.45, 2.75) is 12.6 Å². The molecule has 106 valence electrons. The van der Waals surface area contributed by atoms with Gasteiger partial charge in [0.15, 0.2) is 0 Å². The van der Waals surface area contributed by atoms with Gasteiger partial charge in [-0.3, -0.25) is 0 Å². The summed E-state index contributed by atoms with van der Waals surface area (Å²) >= 11 is 0. The van der Waals surface area contributed by atoms with Gasteiger partial charge >= 0.3 is 6.18 Å². The summed E-state index contributed by atoms with van der Waals surface area (Å²) in [6.45, 7) is 2.88. The average Bonchev–Trinajstić information content (AvgIpc) is 2.79. The molecule has 3 aliphatic heterocycles. The Morgan fingerprint density at radius 3 is 2.53 bits per heavy atom. The lowest BCUT2D eigenvalue weighted by atomic mass is 9.97. The number of nitrogens with one attached hydrogen (secondary N) is 2. The van der Waals surface area contributed by atoms with Crippen LogP contribution in [0.5, 0.6) is 0 Å². The number of dihydropyridines is 1. The maximum atomic E-state index is 12.4. The molecule has 2 fully saturated rings. The molecule has 3 nitrogen and oxygen atoms in total. The molecule has 0 aromatic rings. The van der Waals surface area contributed by atoms with Crippen molar-refractivity contribution >= 4 is 0 Å². The fourth-order valence-corrected chi connectivity index (χ4v) is 2.83. The summed E-state index contributed by atoms with van der Waals surface area (Å²) in [6, 6.07) is 0. The van der Waals surface area contributed by atoms with E-state index in [-0.39, 0.29) is 13.1 Å². The van der Waals surface area contributed by atoms with Crippen LogP contribution in [0.25, 0.3) is 0 Å². The lowest BCUT2D eigenvalue weighted by Gasteiger charge is -2.44. The minimum Gasteiger partial charge on any atom is -0.383 e. The Bertz CT molecular complexity index is 402. The minimum atomic E-state index is -4.05. The monoisotopic (exact) mass is 273 g/mol. The molecule has 0 spiro atoms. The first-order valence-corrected chi connectivity index (χ1v) is 6.71. The van der Waals surface area contributed by atoms with E-state index < -0.39 is 12.1 Å². The van der Waals surface area contributed by atoms with Gasteiger partial charge in [0, 0.05) is 36.9 Å². The molecule has 6 heteroatoms. The SMILES string of the molecule is FC(F)(F)C1CN(C2=CC=C(C3CCNC3)NC2)C1. The average molecular weight is 273 g/mol. The van der Waals surface area contributed by atoms with Gasteiger partial charge in [-0.1, -0.05) is 0 Å². The number of nitrogens with zero attached hydrogens (tertiary/aromatic N) is 1. The highest BCUT2D eigenvalue weighted by Crippen LogP contribution is 2.35. The second-order valence-electron chi connectivity index (χ2n) is 5.47. The van der Waals surface area contributed by atoms with Gasteiger partial charge in [0.2, 0.25) is 0 Å². The van der Waals surface area contributed by atoms with Crippen molar-refractivity contribution in [3.05, 3.63) is 23.5 Å². The maximum Gasteiger partial charge on any atom is 0.395 e. The first-order valence-electron chi connectivity index (χ1n) is 6.71. The van der Waals surface area contributed by atoms with E-state index in [0.717, 1.165) is 25.2 Å². The van der Waals surface area contributed by atoms with Crippen molar-refractivity contribution < 1.29 is 13.2 Å². The van der Waals surface area contributed by atoms with Crippen molar-refractivity contribution in [2.75, 3.05) is 32.7 Å². The maximum absolute atomic E-state index is 12.4. The van der Waals surface area contributed by atoms with Gasteiger partial charge in [-0.15, -0.1) is 0 Å². The number of likely N-dealkylation sites (tertiary alicyclic amines) is 1. The van der Waals surface area contributed by atoms with Crippen LogP contribution in [-0.4, -0.2) is 43.8 Å². The Labute approximate surface area is 110 Å². The third-order valence-corrected chi connectivity index (χ3v) is 4.18. The minimum absolute atomic E-state index is 0.102. The van der Waals surface area contributed by atoms with Gasteiger partial charge in [-0.25, -0.2) is 0 Å². The highest BCUT2D eigenvalue weighted by atomic mass is 19.4. The lowest BCUT2D eigenvalue weighted by Crippen LogP contribution is -2.53.